The van der Waals surface area contributed by atoms with E-state index in [-0.39, 0.29) is 44.4 Å². The number of fused-ring (bicyclic) bond motifs is 3. The second-order valence-corrected chi connectivity index (χ2v) is 14.5. The Morgan fingerprint density at radius 1 is 0.943 bits per heavy atom. The third-order valence-electron chi connectivity index (χ3n) is 8.16. The zero-order valence-corrected chi connectivity index (χ0v) is 30.9. The van der Waals surface area contributed by atoms with E-state index in [4.69, 9.17) is 21.3 Å². The number of aliphatic carboxylic acids is 1. The van der Waals surface area contributed by atoms with Gasteiger partial charge in [-0.2, -0.15) is 26.3 Å². The van der Waals surface area contributed by atoms with Gasteiger partial charge in [-0.25, -0.2) is 9.78 Å². The van der Waals surface area contributed by atoms with E-state index in [9.17, 15) is 36.2 Å². The van der Waals surface area contributed by atoms with Crippen molar-refractivity contribution in [1.82, 2.24) is 39.8 Å². The number of hydrogen-bond donors (Lipinski definition) is 2. The first-order chi connectivity index (χ1) is 24.3. The normalized spacial score (nSPS) is 15.3. The molecular formula is C32H33Cl2F6N9O3S. The van der Waals surface area contributed by atoms with Crippen LogP contribution in [0.25, 0.3) is 21.3 Å². The SMILES string of the molecule is Cc1cc2nc(N3CCn4c(nnc4C(F)(F)F)C3)sc2c(-c2ccc(Cl)cc2)c1[C@H](OC(C)(C)C)C(=O)O.Cl.FC(F)(F)c1nnc2n1CCNC2. The number of hydrogen-bond acceptors (Lipinski definition) is 10. The summed E-state index contributed by atoms with van der Waals surface area (Å²) < 4.78 is 85.6. The van der Waals surface area contributed by atoms with Gasteiger partial charge >= 0.3 is 18.3 Å². The maximum absolute atomic E-state index is 13.3. The van der Waals surface area contributed by atoms with Gasteiger partial charge in [-0.05, 0) is 57.0 Å². The standard InChI is InChI=1S/C26H25ClF3N5O3S.C6H7F3N4.ClH/c1-13-11-16-21(39-24(31-16)34-9-10-35-17(12-34)32-33-23(35)26(28,29)30)19(14-5-7-15(27)8-6-14)18(13)20(22(36)37)38-25(2,3)4;7-6(8,9)5-12-11-4-3-10-1-2-13(4)5;/h5-8,11,20H,9-10,12H2,1-4H3,(H,36,37);10H,1-3H2;1H/t20-;;/m0../s1. The molecule has 2 aliphatic rings. The maximum Gasteiger partial charge on any atom is 0.451 e. The van der Waals surface area contributed by atoms with Gasteiger partial charge in [-0.15, -0.1) is 32.8 Å². The highest BCUT2D eigenvalue weighted by Crippen LogP contribution is 2.45. The summed E-state index contributed by atoms with van der Waals surface area (Å²) in [6.45, 7) is 8.79. The molecule has 3 aromatic heterocycles. The number of rotatable bonds is 5. The number of carboxylic acids is 1. The van der Waals surface area contributed by atoms with Gasteiger partial charge in [0.1, 0.15) is 5.82 Å². The number of nitrogens with zero attached hydrogens (tertiary/aromatic N) is 8. The van der Waals surface area contributed by atoms with Gasteiger partial charge in [0.05, 0.1) is 28.9 Å². The van der Waals surface area contributed by atoms with E-state index >= 15 is 0 Å². The molecule has 53 heavy (non-hydrogen) atoms. The van der Waals surface area contributed by atoms with Crippen LogP contribution in [0.5, 0.6) is 0 Å². The van der Waals surface area contributed by atoms with Crippen molar-refractivity contribution in [3.8, 4) is 11.1 Å². The Balaban J connectivity index is 0.000000325. The Bertz CT molecular complexity index is 2110. The second kappa shape index (κ2) is 15.0. The van der Waals surface area contributed by atoms with Crippen LogP contribution in [0.1, 0.15) is 61.3 Å². The first-order valence-electron chi connectivity index (χ1n) is 15.9. The molecule has 0 amide bonds. The molecule has 0 fully saturated rings. The molecule has 2 N–H and O–H groups in total. The van der Waals surface area contributed by atoms with E-state index < -0.39 is 41.7 Å². The van der Waals surface area contributed by atoms with E-state index in [2.05, 4.69) is 25.7 Å². The lowest BCUT2D eigenvalue weighted by atomic mass is 9.91. The third kappa shape index (κ3) is 8.53. The van der Waals surface area contributed by atoms with E-state index in [0.29, 0.717) is 51.3 Å². The zero-order chi connectivity index (χ0) is 37.7. The van der Waals surface area contributed by atoms with Gasteiger partial charge in [0.25, 0.3) is 0 Å². The highest BCUT2D eigenvalue weighted by molar-refractivity contribution is 7.22. The van der Waals surface area contributed by atoms with Crippen LogP contribution in [0.4, 0.5) is 31.5 Å². The summed E-state index contributed by atoms with van der Waals surface area (Å²) in [7, 11) is 0. The summed E-state index contributed by atoms with van der Waals surface area (Å²) in [6, 6.07) is 8.91. The Hall–Kier alpha value is -4.04. The minimum Gasteiger partial charge on any atom is -0.479 e. The largest absolute Gasteiger partial charge is 0.479 e. The summed E-state index contributed by atoms with van der Waals surface area (Å²) in [4.78, 5) is 19.1. The molecule has 5 heterocycles. The molecule has 1 atom stereocenters. The molecule has 0 unspecified atom stereocenters. The number of aromatic nitrogens is 7. The quantitative estimate of drug-likeness (QED) is 0.174. The average Bonchev–Trinajstić information content (AvgIpc) is 3.79. The molecule has 0 saturated carbocycles. The second-order valence-electron chi connectivity index (χ2n) is 13.1. The number of alkyl halides is 6. The topological polar surface area (TPSA) is 136 Å². The van der Waals surface area contributed by atoms with Crippen molar-refractivity contribution in [2.45, 2.75) is 77.9 Å². The van der Waals surface area contributed by atoms with Crippen LogP contribution >= 0.6 is 35.3 Å². The number of anilines is 1. The van der Waals surface area contributed by atoms with Gasteiger partial charge in [0, 0.05) is 42.3 Å². The number of carbonyl (C=O) groups is 1. The lowest BCUT2D eigenvalue weighted by Gasteiger charge is -2.28. The lowest BCUT2D eigenvalue weighted by Crippen LogP contribution is -2.35. The van der Waals surface area contributed by atoms with E-state index in [1.807, 2.05) is 30.0 Å². The summed E-state index contributed by atoms with van der Waals surface area (Å²) in [5, 5.41) is 27.9. The van der Waals surface area contributed by atoms with Crippen molar-refractivity contribution in [3.05, 3.63) is 69.8 Å². The summed E-state index contributed by atoms with van der Waals surface area (Å²) in [6.07, 6.45) is -10.2. The first-order valence-corrected chi connectivity index (χ1v) is 17.1. The van der Waals surface area contributed by atoms with Crippen molar-refractivity contribution in [2.75, 3.05) is 18.0 Å². The number of aryl methyl sites for hydroxylation is 1. The monoisotopic (exact) mass is 807 g/mol. The number of benzene rings is 2. The highest BCUT2D eigenvalue weighted by atomic mass is 35.5. The van der Waals surface area contributed by atoms with Crippen LogP contribution in [0.15, 0.2) is 30.3 Å². The van der Waals surface area contributed by atoms with Crippen LogP contribution in [0.3, 0.4) is 0 Å². The van der Waals surface area contributed by atoms with E-state index in [1.54, 1.807) is 32.9 Å². The maximum atomic E-state index is 13.3. The molecule has 0 spiro atoms. The number of nitrogens with one attached hydrogen (secondary N) is 1. The highest BCUT2D eigenvalue weighted by Gasteiger charge is 2.41. The Morgan fingerprint density at radius 3 is 2.13 bits per heavy atom. The first kappa shape index (κ1) is 40.2. The lowest BCUT2D eigenvalue weighted by molar-refractivity contribution is -0.160. The summed E-state index contributed by atoms with van der Waals surface area (Å²) >= 11 is 7.49. The Morgan fingerprint density at radius 2 is 1.55 bits per heavy atom. The van der Waals surface area contributed by atoms with Crippen molar-refractivity contribution < 1.29 is 41.0 Å². The molecule has 0 saturated heterocycles. The van der Waals surface area contributed by atoms with Gasteiger partial charge in [-0.3, -0.25) is 0 Å². The van der Waals surface area contributed by atoms with Crippen LogP contribution < -0.4 is 10.2 Å². The van der Waals surface area contributed by atoms with Gasteiger partial charge in [0.2, 0.25) is 11.6 Å². The molecule has 12 nitrogen and oxygen atoms in total. The molecule has 21 heteroatoms. The molecule has 7 rings (SSSR count). The fraction of sp³-hybridized carbons (Fsp3) is 0.438. The van der Waals surface area contributed by atoms with Gasteiger partial charge < -0.3 is 29.2 Å². The van der Waals surface area contributed by atoms with Gasteiger partial charge in [-0.1, -0.05) is 35.1 Å². The number of thiazole rings is 1. The fourth-order valence-corrected chi connectivity index (χ4v) is 7.27. The van der Waals surface area contributed by atoms with Crippen LogP contribution in [-0.4, -0.2) is 64.3 Å². The summed E-state index contributed by atoms with van der Waals surface area (Å²) in [5.74, 6) is -2.48. The van der Waals surface area contributed by atoms with Crippen LogP contribution in [0, 0.1) is 6.92 Å². The third-order valence-corrected chi connectivity index (χ3v) is 9.56. The minimum atomic E-state index is -4.58. The van der Waals surface area contributed by atoms with E-state index in [1.165, 1.54) is 11.3 Å². The molecule has 2 aromatic carbocycles. The van der Waals surface area contributed by atoms with Crippen molar-refractivity contribution >= 4 is 56.7 Å². The zero-order valence-electron chi connectivity index (χ0n) is 28.5. The molecule has 5 aromatic rings. The molecular weight excluding hydrogens is 775 g/mol. The predicted octanol–water partition coefficient (Wildman–Crippen LogP) is 7.32. The van der Waals surface area contributed by atoms with Crippen molar-refractivity contribution in [3.63, 3.8) is 0 Å². The molecule has 0 radical (unpaired) electrons. The fourth-order valence-electron chi connectivity index (χ4n) is 5.99. The number of carboxylic acid groups (broad SMARTS) is 1. The Labute approximate surface area is 313 Å². The molecule has 286 valence electrons. The average molecular weight is 809 g/mol. The van der Waals surface area contributed by atoms with Crippen molar-refractivity contribution in [2.24, 2.45) is 0 Å². The molecule has 0 aliphatic carbocycles. The Kier molecular flexibility index (Phi) is 11.4. The molecule has 0 bridgehead atoms. The smallest absolute Gasteiger partial charge is 0.451 e. The summed E-state index contributed by atoms with van der Waals surface area (Å²) in [5.41, 5.74) is 2.52. The van der Waals surface area contributed by atoms with Crippen molar-refractivity contribution in [1.29, 1.82) is 0 Å². The molecule has 2 aliphatic heterocycles. The number of halogens is 8. The van der Waals surface area contributed by atoms with E-state index in [0.717, 1.165) is 19.4 Å². The number of ether oxygens (including phenoxy) is 1. The predicted molar refractivity (Wildman–Crippen MR) is 186 cm³/mol. The van der Waals surface area contributed by atoms with Crippen LogP contribution in [-0.2, 0) is 48.1 Å². The van der Waals surface area contributed by atoms with Crippen LogP contribution in [0.2, 0.25) is 5.02 Å². The minimum absolute atomic E-state index is 0. The van der Waals surface area contributed by atoms with Gasteiger partial charge in [0.15, 0.2) is 17.1 Å².